The van der Waals surface area contributed by atoms with E-state index in [1.165, 1.54) is 25.7 Å². The molecule has 2 fully saturated rings. The molecule has 0 aromatic carbocycles. The number of nitrogens with zero attached hydrogens (tertiary/aromatic N) is 5. The van der Waals surface area contributed by atoms with Gasteiger partial charge in [0.25, 0.3) is 0 Å². The van der Waals surface area contributed by atoms with Crippen LogP contribution in [0.5, 0.6) is 0 Å². The van der Waals surface area contributed by atoms with Crippen molar-refractivity contribution < 1.29 is 4.74 Å². The molecule has 1 aliphatic carbocycles. The quantitative estimate of drug-likeness (QED) is 0.642. The Morgan fingerprint density at radius 2 is 2.30 bits per heavy atom. The molecule has 1 aliphatic heterocycles. The number of aliphatic imine (C=N–C) groups is 1. The Bertz CT molecular complexity index is 642. The van der Waals surface area contributed by atoms with Crippen LogP contribution in [-0.4, -0.2) is 78.5 Å². The fourth-order valence-electron chi connectivity index (χ4n) is 4.58. The molecule has 7 heteroatoms. The number of hydrogen-bond acceptors (Lipinski definition) is 4. The number of ether oxygens (including phenoxy) is 1. The van der Waals surface area contributed by atoms with Gasteiger partial charge in [0.2, 0.25) is 0 Å². The summed E-state index contributed by atoms with van der Waals surface area (Å²) in [7, 11) is 8.25. The minimum atomic E-state index is 0.0449. The summed E-state index contributed by atoms with van der Waals surface area (Å²) in [4.78, 5) is 9.31. The Balaban J connectivity index is 1.64. The Morgan fingerprint density at radius 3 is 2.93 bits per heavy atom. The van der Waals surface area contributed by atoms with E-state index in [2.05, 4.69) is 46.2 Å². The van der Waals surface area contributed by atoms with Crippen LogP contribution in [0.3, 0.4) is 0 Å². The highest BCUT2D eigenvalue weighted by Gasteiger charge is 2.37. The monoisotopic (exact) mass is 376 g/mol. The molecule has 0 radical (unpaired) electrons. The van der Waals surface area contributed by atoms with Crippen LogP contribution in [0.4, 0.5) is 0 Å². The first-order valence-electron chi connectivity index (χ1n) is 10.2. The topological polar surface area (TPSA) is 57.9 Å². The maximum atomic E-state index is 5.98. The number of aromatic nitrogens is 2. The van der Waals surface area contributed by atoms with E-state index in [0.717, 1.165) is 37.1 Å². The molecular weight excluding hydrogens is 340 g/mol. The van der Waals surface area contributed by atoms with Crippen molar-refractivity contribution in [3.63, 3.8) is 0 Å². The SMILES string of the molecule is CN=C(NCC1(N(C)C)CCCC(C)C1)N1CCOC(c2cnn(C)c2)C1. The molecule has 3 rings (SSSR count). The van der Waals surface area contributed by atoms with Crippen molar-refractivity contribution >= 4 is 5.96 Å². The first kappa shape index (κ1) is 20.1. The zero-order valence-corrected chi connectivity index (χ0v) is 17.6. The van der Waals surface area contributed by atoms with E-state index in [1.807, 2.05) is 31.2 Å². The zero-order chi connectivity index (χ0) is 19.4. The van der Waals surface area contributed by atoms with E-state index in [4.69, 9.17) is 4.74 Å². The number of hydrogen-bond donors (Lipinski definition) is 1. The van der Waals surface area contributed by atoms with E-state index in [9.17, 15) is 0 Å². The highest BCUT2D eigenvalue weighted by molar-refractivity contribution is 5.80. The summed E-state index contributed by atoms with van der Waals surface area (Å²) in [5.74, 6) is 1.76. The van der Waals surface area contributed by atoms with Gasteiger partial charge in [0, 0.05) is 44.5 Å². The van der Waals surface area contributed by atoms with Crippen LogP contribution in [0.2, 0.25) is 0 Å². The first-order valence-corrected chi connectivity index (χ1v) is 10.2. The van der Waals surface area contributed by atoms with Gasteiger partial charge in [-0.3, -0.25) is 9.67 Å². The highest BCUT2D eigenvalue weighted by atomic mass is 16.5. The van der Waals surface area contributed by atoms with Crippen LogP contribution >= 0.6 is 0 Å². The van der Waals surface area contributed by atoms with Gasteiger partial charge in [-0.1, -0.05) is 19.8 Å². The van der Waals surface area contributed by atoms with Crippen LogP contribution in [0.1, 0.15) is 44.3 Å². The number of rotatable bonds is 4. The molecule has 1 saturated heterocycles. The van der Waals surface area contributed by atoms with E-state index in [0.29, 0.717) is 6.61 Å². The molecule has 1 aromatic heterocycles. The number of guanidine groups is 1. The molecule has 0 bridgehead atoms. The van der Waals surface area contributed by atoms with Crippen LogP contribution in [0.25, 0.3) is 0 Å². The predicted molar refractivity (Wildman–Crippen MR) is 109 cm³/mol. The molecule has 27 heavy (non-hydrogen) atoms. The molecule has 3 unspecified atom stereocenters. The lowest BCUT2D eigenvalue weighted by Gasteiger charge is -2.46. The molecule has 0 amide bonds. The van der Waals surface area contributed by atoms with Crippen molar-refractivity contribution in [1.29, 1.82) is 0 Å². The van der Waals surface area contributed by atoms with Gasteiger partial charge in [0.15, 0.2) is 5.96 Å². The number of morpholine rings is 1. The summed E-state index contributed by atoms with van der Waals surface area (Å²) < 4.78 is 7.81. The van der Waals surface area contributed by atoms with Gasteiger partial charge in [-0.05, 0) is 32.9 Å². The Kier molecular flexibility index (Phi) is 6.42. The van der Waals surface area contributed by atoms with Gasteiger partial charge in [-0.15, -0.1) is 0 Å². The lowest BCUT2D eigenvalue weighted by molar-refractivity contribution is -0.00854. The first-order chi connectivity index (χ1) is 12.9. The van der Waals surface area contributed by atoms with E-state index >= 15 is 0 Å². The largest absolute Gasteiger partial charge is 0.370 e. The molecular formula is C20H36N6O. The second-order valence-electron chi connectivity index (χ2n) is 8.47. The molecule has 1 aromatic rings. The van der Waals surface area contributed by atoms with E-state index in [-0.39, 0.29) is 11.6 Å². The lowest BCUT2D eigenvalue weighted by atomic mass is 9.75. The summed E-state index contributed by atoms with van der Waals surface area (Å²) in [5, 5.41) is 7.97. The molecule has 1 N–H and O–H groups in total. The van der Waals surface area contributed by atoms with Crippen molar-refractivity contribution in [2.75, 3.05) is 47.4 Å². The van der Waals surface area contributed by atoms with Crippen molar-refractivity contribution in [1.82, 2.24) is 24.9 Å². The van der Waals surface area contributed by atoms with Crippen LogP contribution in [-0.2, 0) is 11.8 Å². The second kappa shape index (κ2) is 8.61. The third kappa shape index (κ3) is 4.63. The summed E-state index contributed by atoms with van der Waals surface area (Å²) in [6, 6.07) is 0. The van der Waals surface area contributed by atoms with Crippen LogP contribution < -0.4 is 5.32 Å². The van der Waals surface area contributed by atoms with Crippen molar-refractivity contribution in [3.8, 4) is 0 Å². The normalized spacial score (nSPS) is 30.0. The van der Waals surface area contributed by atoms with Gasteiger partial charge < -0.3 is 19.9 Å². The Morgan fingerprint density at radius 1 is 1.48 bits per heavy atom. The summed E-state index contributed by atoms with van der Waals surface area (Å²) in [6.07, 6.45) is 9.12. The molecule has 2 aliphatic rings. The number of nitrogens with one attached hydrogen (secondary N) is 1. The van der Waals surface area contributed by atoms with Crippen LogP contribution in [0, 0.1) is 5.92 Å². The maximum Gasteiger partial charge on any atom is 0.193 e. The maximum absolute atomic E-state index is 5.98. The Hall–Kier alpha value is -1.60. The van der Waals surface area contributed by atoms with Crippen molar-refractivity contribution in [3.05, 3.63) is 18.0 Å². The fraction of sp³-hybridized carbons (Fsp3) is 0.800. The third-order valence-corrected chi connectivity index (χ3v) is 6.27. The summed E-state index contributed by atoms with van der Waals surface area (Å²) >= 11 is 0. The third-order valence-electron chi connectivity index (χ3n) is 6.27. The van der Waals surface area contributed by atoms with Gasteiger partial charge in [-0.25, -0.2) is 0 Å². The molecule has 0 spiro atoms. The van der Waals surface area contributed by atoms with Crippen molar-refractivity contribution in [2.45, 2.75) is 44.2 Å². The second-order valence-corrected chi connectivity index (χ2v) is 8.47. The zero-order valence-electron chi connectivity index (χ0n) is 17.6. The standard InChI is InChI=1S/C20H36N6O/c1-16-7-6-8-20(11-16,24(3)4)15-22-19(21-2)26-9-10-27-18(14-26)17-12-23-25(5)13-17/h12-13,16,18H,6-11,14-15H2,1-5H3,(H,21,22). The van der Waals surface area contributed by atoms with Gasteiger partial charge in [0.1, 0.15) is 6.10 Å². The lowest BCUT2D eigenvalue weighted by Crippen LogP contribution is -2.57. The van der Waals surface area contributed by atoms with Gasteiger partial charge in [0.05, 0.1) is 19.3 Å². The highest BCUT2D eigenvalue weighted by Crippen LogP contribution is 2.35. The summed E-state index contributed by atoms with van der Waals surface area (Å²) in [5.41, 5.74) is 1.34. The Labute approximate surface area is 163 Å². The molecule has 3 atom stereocenters. The predicted octanol–water partition coefficient (Wildman–Crippen LogP) is 1.88. The number of likely N-dealkylation sites (N-methyl/N-ethyl adjacent to an activating group) is 1. The average molecular weight is 377 g/mol. The molecule has 7 nitrogen and oxygen atoms in total. The van der Waals surface area contributed by atoms with E-state index in [1.54, 1.807) is 0 Å². The molecule has 152 valence electrons. The smallest absolute Gasteiger partial charge is 0.193 e. The molecule has 2 heterocycles. The van der Waals surface area contributed by atoms with Crippen LogP contribution in [0.15, 0.2) is 17.4 Å². The minimum absolute atomic E-state index is 0.0449. The minimum Gasteiger partial charge on any atom is -0.370 e. The average Bonchev–Trinajstić information content (AvgIpc) is 3.09. The fourth-order valence-corrected chi connectivity index (χ4v) is 4.58. The number of aryl methyl sites for hydroxylation is 1. The van der Waals surface area contributed by atoms with Crippen molar-refractivity contribution in [2.24, 2.45) is 18.0 Å². The molecule has 1 saturated carbocycles. The van der Waals surface area contributed by atoms with Gasteiger partial charge >= 0.3 is 0 Å². The van der Waals surface area contributed by atoms with E-state index < -0.39 is 0 Å². The summed E-state index contributed by atoms with van der Waals surface area (Å²) in [6.45, 7) is 5.69. The van der Waals surface area contributed by atoms with Gasteiger partial charge in [-0.2, -0.15) is 5.10 Å².